The second-order valence-electron chi connectivity index (χ2n) is 13.2. The number of hydrogen-bond donors (Lipinski definition) is 0. The Hall–Kier alpha value is -5.80. The SMILES string of the molecule is CCc1c(-c2ccccc2)nc(-c2cccc(-c3cccc4c3C(C)(C)c3ccc5oc6ccccc6c5c3-4)c2)nc1-c1ccccc1. The quantitative estimate of drug-likeness (QED) is 0.193. The molecule has 48 heavy (non-hydrogen) atoms. The van der Waals surface area contributed by atoms with Gasteiger partial charge in [0.05, 0.1) is 11.4 Å². The van der Waals surface area contributed by atoms with Crippen LogP contribution in [0.4, 0.5) is 0 Å². The fraction of sp³-hybridized carbons (Fsp3) is 0.111. The molecule has 0 bridgehead atoms. The van der Waals surface area contributed by atoms with Crippen LogP contribution in [0.5, 0.6) is 0 Å². The monoisotopic (exact) mass is 618 g/mol. The van der Waals surface area contributed by atoms with E-state index in [1.165, 1.54) is 33.2 Å². The van der Waals surface area contributed by atoms with Crippen molar-refractivity contribution in [3.05, 3.63) is 156 Å². The Balaban J connectivity index is 1.24. The Kier molecular flexibility index (Phi) is 6.45. The first-order valence-electron chi connectivity index (χ1n) is 16.7. The molecular weight excluding hydrogens is 585 g/mol. The Bertz CT molecular complexity index is 2450. The average Bonchev–Trinajstić information content (AvgIpc) is 3.64. The molecule has 3 heteroatoms. The van der Waals surface area contributed by atoms with Gasteiger partial charge in [0.2, 0.25) is 0 Å². The first kappa shape index (κ1) is 28.4. The summed E-state index contributed by atoms with van der Waals surface area (Å²) in [4.78, 5) is 10.5. The van der Waals surface area contributed by atoms with Gasteiger partial charge >= 0.3 is 0 Å². The van der Waals surface area contributed by atoms with Crippen LogP contribution < -0.4 is 0 Å². The van der Waals surface area contributed by atoms with Gasteiger partial charge in [0.1, 0.15) is 11.2 Å². The van der Waals surface area contributed by atoms with Gasteiger partial charge < -0.3 is 4.42 Å². The maximum Gasteiger partial charge on any atom is 0.160 e. The molecule has 0 N–H and O–H groups in total. The van der Waals surface area contributed by atoms with E-state index in [2.05, 4.69) is 154 Å². The summed E-state index contributed by atoms with van der Waals surface area (Å²) in [7, 11) is 0. The Labute approximate surface area is 280 Å². The zero-order chi connectivity index (χ0) is 32.4. The number of nitrogens with zero attached hydrogens (tertiary/aromatic N) is 2. The highest BCUT2D eigenvalue weighted by atomic mass is 16.3. The molecule has 8 aromatic rings. The number of para-hydroxylation sites is 1. The number of furan rings is 1. The molecule has 2 aromatic heterocycles. The summed E-state index contributed by atoms with van der Waals surface area (Å²) in [6.45, 7) is 6.89. The molecule has 0 spiro atoms. The van der Waals surface area contributed by atoms with Crippen LogP contribution in [0.2, 0.25) is 0 Å². The predicted molar refractivity (Wildman–Crippen MR) is 198 cm³/mol. The molecule has 1 aliphatic rings. The fourth-order valence-electron chi connectivity index (χ4n) is 7.87. The average molecular weight is 619 g/mol. The van der Waals surface area contributed by atoms with Gasteiger partial charge in [-0.25, -0.2) is 9.97 Å². The lowest BCUT2D eigenvalue weighted by molar-refractivity contribution is 0.658. The van der Waals surface area contributed by atoms with Crippen molar-refractivity contribution < 1.29 is 4.42 Å². The molecule has 0 atom stereocenters. The Morgan fingerprint density at radius 1 is 0.562 bits per heavy atom. The van der Waals surface area contributed by atoms with Crippen LogP contribution in [0.25, 0.3) is 78.1 Å². The number of hydrogen-bond acceptors (Lipinski definition) is 3. The van der Waals surface area contributed by atoms with Crippen molar-refractivity contribution in [2.75, 3.05) is 0 Å². The van der Waals surface area contributed by atoms with Gasteiger partial charge in [-0.05, 0) is 58.0 Å². The van der Waals surface area contributed by atoms with Crippen LogP contribution in [0, 0.1) is 0 Å². The van der Waals surface area contributed by atoms with E-state index in [0.717, 1.165) is 68.0 Å². The van der Waals surface area contributed by atoms with E-state index in [1.54, 1.807) is 0 Å². The van der Waals surface area contributed by atoms with Crippen LogP contribution in [0.1, 0.15) is 37.5 Å². The highest BCUT2D eigenvalue weighted by Crippen LogP contribution is 2.55. The predicted octanol–water partition coefficient (Wildman–Crippen LogP) is 11.9. The lowest BCUT2D eigenvalue weighted by Crippen LogP contribution is -2.16. The minimum absolute atomic E-state index is 0.204. The largest absolute Gasteiger partial charge is 0.456 e. The van der Waals surface area contributed by atoms with E-state index in [0.29, 0.717) is 0 Å². The molecule has 0 saturated heterocycles. The molecule has 0 saturated carbocycles. The molecule has 230 valence electrons. The van der Waals surface area contributed by atoms with Crippen LogP contribution in [0.3, 0.4) is 0 Å². The summed E-state index contributed by atoms with van der Waals surface area (Å²) < 4.78 is 6.33. The Morgan fingerprint density at radius 3 is 1.88 bits per heavy atom. The molecule has 0 fully saturated rings. The number of fused-ring (bicyclic) bond motifs is 7. The van der Waals surface area contributed by atoms with Gasteiger partial charge in [-0.2, -0.15) is 0 Å². The van der Waals surface area contributed by atoms with Crippen molar-refractivity contribution in [3.8, 4) is 56.2 Å². The first-order valence-corrected chi connectivity index (χ1v) is 16.7. The van der Waals surface area contributed by atoms with Gasteiger partial charge in [0.25, 0.3) is 0 Å². The summed E-state index contributed by atoms with van der Waals surface area (Å²) in [5.74, 6) is 0.730. The molecule has 0 aliphatic heterocycles. The first-order chi connectivity index (χ1) is 23.5. The van der Waals surface area contributed by atoms with E-state index in [-0.39, 0.29) is 5.41 Å². The smallest absolute Gasteiger partial charge is 0.160 e. The van der Waals surface area contributed by atoms with Crippen molar-refractivity contribution in [3.63, 3.8) is 0 Å². The van der Waals surface area contributed by atoms with E-state index in [4.69, 9.17) is 14.4 Å². The zero-order valence-electron chi connectivity index (χ0n) is 27.3. The van der Waals surface area contributed by atoms with E-state index < -0.39 is 0 Å². The normalized spacial score (nSPS) is 13.1. The molecule has 1 aliphatic carbocycles. The van der Waals surface area contributed by atoms with Gasteiger partial charge in [-0.3, -0.25) is 0 Å². The van der Waals surface area contributed by atoms with Gasteiger partial charge in [-0.1, -0.05) is 142 Å². The van der Waals surface area contributed by atoms with E-state index in [1.807, 2.05) is 6.07 Å². The number of aromatic nitrogens is 2. The highest BCUT2D eigenvalue weighted by Gasteiger charge is 2.39. The topological polar surface area (TPSA) is 38.9 Å². The molecule has 0 radical (unpaired) electrons. The van der Waals surface area contributed by atoms with Crippen LogP contribution >= 0.6 is 0 Å². The van der Waals surface area contributed by atoms with Gasteiger partial charge in [0, 0.05) is 38.4 Å². The van der Waals surface area contributed by atoms with Crippen LogP contribution in [0.15, 0.2) is 144 Å². The fourth-order valence-corrected chi connectivity index (χ4v) is 7.87. The zero-order valence-corrected chi connectivity index (χ0v) is 27.3. The number of benzene rings is 6. The molecule has 0 unspecified atom stereocenters. The molecular formula is C45H34N2O. The van der Waals surface area contributed by atoms with Gasteiger partial charge in [-0.15, -0.1) is 0 Å². The van der Waals surface area contributed by atoms with E-state index >= 15 is 0 Å². The second-order valence-corrected chi connectivity index (χ2v) is 13.2. The van der Waals surface area contributed by atoms with Crippen molar-refractivity contribution >= 4 is 21.9 Å². The third-order valence-electron chi connectivity index (χ3n) is 10.1. The van der Waals surface area contributed by atoms with Crippen molar-refractivity contribution in [1.82, 2.24) is 9.97 Å². The maximum atomic E-state index is 6.33. The van der Waals surface area contributed by atoms with Gasteiger partial charge in [0.15, 0.2) is 5.82 Å². The third-order valence-corrected chi connectivity index (χ3v) is 10.1. The van der Waals surface area contributed by atoms with E-state index in [9.17, 15) is 0 Å². The molecule has 0 amide bonds. The Morgan fingerprint density at radius 2 is 1.17 bits per heavy atom. The summed E-state index contributed by atoms with van der Waals surface area (Å²) in [6.07, 6.45) is 0.833. The maximum absolute atomic E-state index is 6.33. The van der Waals surface area contributed by atoms with Crippen molar-refractivity contribution in [2.24, 2.45) is 0 Å². The highest BCUT2D eigenvalue weighted by molar-refractivity contribution is 6.15. The molecule has 9 rings (SSSR count). The van der Waals surface area contributed by atoms with Crippen LogP contribution in [-0.4, -0.2) is 9.97 Å². The van der Waals surface area contributed by atoms with Crippen LogP contribution in [-0.2, 0) is 11.8 Å². The lowest BCUT2D eigenvalue weighted by atomic mass is 9.78. The molecule has 3 nitrogen and oxygen atoms in total. The van der Waals surface area contributed by atoms with Crippen molar-refractivity contribution in [2.45, 2.75) is 32.6 Å². The second kappa shape index (κ2) is 10.9. The number of rotatable bonds is 5. The molecule has 6 aromatic carbocycles. The summed E-state index contributed by atoms with van der Waals surface area (Å²) in [6, 6.07) is 49.3. The van der Waals surface area contributed by atoms with Crippen molar-refractivity contribution in [1.29, 1.82) is 0 Å². The summed E-state index contributed by atoms with van der Waals surface area (Å²) >= 11 is 0. The summed E-state index contributed by atoms with van der Waals surface area (Å²) in [5, 5.41) is 2.36. The minimum Gasteiger partial charge on any atom is -0.456 e. The minimum atomic E-state index is -0.204. The third kappa shape index (κ3) is 4.28. The molecule has 2 heterocycles. The standard InChI is InChI=1S/C45H34N2O/c1-4-32-42(28-15-7-5-8-16-28)46-44(47-43(32)29-17-9-6-10-18-29)31-20-13-19-30(27-31)33-22-14-23-35-39-36(45(2,3)41(33)35)25-26-38-40(39)34-21-11-12-24-37(34)48-38/h5-27H,4H2,1-3H3. The lowest BCUT2D eigenvalue weighted by Gasteiger charge is -2.24. The summed E-state index contributed by atoms with van der Waals surface area (Å²) in [5.41, 5.74) is 15.6.